The molecule has 2 N–H and O–H groups in total. The molecule has 0 saturated carbocycles. The molecule has 1 aliphatic rings. The molecule has 0 aromatic carbocycles. The Bertz CT molecular complexity index is 318. The maximum atomic E-state index is 11.7. The predicted octanol–water partition coefficient (Wildman–Crippen LogP) is 1.55. The lowest BCUT2D eigenvalue weighted by Crippen LogP contribution is -2.45. The van der Waals surface area contributed by atoms with Crippen LogP contribution in [0.2, 0.25) is 0 Å². The largest absolute Gasteiger partial charge is 0.352 e. The zero-order valence-corrected chi connectivity index (χ0v) is 10.2. The number of thiophene rings is 1. The Balaban J connectivity index is 1.67. The monoisotopic (exact) mass is 238 g/mol. The summed E-state index contributed by atoms with van der Waals surface area (Å²) >= 11 is 1.69. The van der Waals surface area contributed by atoms with Gasteiger partial charge >= 0.3 is 0 Å². The quantitative estimate of drug-likeness (QED) is 0.835. The van der Waals surface area contributed by atoms with E-state index >= 15 is 0 Å². The van der Waals surface area contributed by atoms with Crippen LogP contribution in [-0.4, -0.2) is 25.0 Å². The van der Waals surface area contributed by atoms with Crippen LogP contribution in [0, 0.1) is 0 Å². The number of rotatable bonds is 4. The maximum Gasteiger partial charge on any atom is 0.220 e. The number of hydrogen-bond acceptors (Lipinski definition) is 3. The first-order valence-electron chi connectivity index (χ1n) is 5.86. The summed E-state index contributed by atoms with van der Waals surface area (Å²) in [6.07, 6.45) is 3.73. The summed E-state index contributed by atoms with van der Waals surface area (Å²) < 4.78 is 0. The van der Waals surface area contributed by atoms with Gasteiger partial charge < -0.3 is 10.6 Å². The Morgan fingerprint density at radius 3 is 3.25 bits per heavy atom. The SMILES string of the molecule is O=C(CCc1ccsc1)NC1CCCNC1. The average Bonchev–Trinajstić information content (AvgIpc) is 2.81. The third kappa shape index (κ3) is 3.61. The third-order valence-corrected chi connectivity index (χ3v) is 3.61. The molecule has 0 spiro atoms. The fourth-order valence-corrected chi connectivity index (χ4v) is 2.67. The van der Waals surface area contributed by atoms with E-state index in [1.54, 1.807) is 11.3 Å². The number of nitrogens with one attached hydrogen (secondary N) is 2. The highest BCUT2D eigenvalue weighted by molar-refractivity contribution is 7.07. The van der Waals surface area contributed by atoms with Crippen LogP contribution in [0.25, 0.3) is 0 Å². The molecule has 1 amide bonds. The van der Waals surface area contributed by atoms with Gasteiger partial charge in [-0.3, -0.25) is 4.79 Å². The van der Waals surface area contributed by atoms with Crippen molar-refractivity contribution in [3.63, 3.8) is 0 Å². The fraction of sp³-hybridized carbons (Fsp3) is 0.583. The molecule has 1 unspecified atom stereocenters. The molecule has 1 atom stereocenters. The van der Waals surface area contributed by atoms with Crippen LogP contribution in [0.5, 0.6) is 0 Å². The summed E-state index contributed by atoms with van der Waals surface area (Å²) in [5.74, 6) is 0.180. The number of hydrogen-bond donors (Lipinski definition) is 2. The molecule has 0 bridgehead atoms. The minimum Gasteiger partial charge on any atom is -0.352 e. The van der Waals surface area contributed by atoms with Crippen molar-refractivity contribution in [3.05, 3.63) is 22.4 Å². The van der Waals surface area contributed by atoms with Crippen molar-refractivity contribution in [3.8, 4) is 0 Å². The number of carbonyl (C=O) groups is 1. The summed E-state index contributed by atoms with van der Waals surface area (Å²) in [6.45, 7) is 2.01. The van der Waals surface area contributed by atoms with Crippen LogP contribution in [0.1, 0.15) is 24.8 Å². The van der Waals surface area contributed by atoms with Crippen LogP contribution >= 0.6 is 11.3 Å². The van der Waals surface area contributed by atoms with Gasteiger partial charge in [0.15, 0.2) is 0 Å². The zero-order valence-electron chi connectivity index (χ0n) is 9.37. The van der Waals surface area contributed by atoms with E-state index < -0.39 is 0 Å². The number of amides is 1. The summed E-state index contributed by atoms with van der Waals surface area (Å²) in [7, 11) is 0. The van der Waals surface area contributed by atoms with E-state index in [0.29, 0.717) is 12.5 Å². The lowest BCUT2D eigenvalue weighted by molar-refractivity contribution is -0.121. The molecule has 0 aliphatic carbocycles. The summed E-state index contributed by atoms with van der Waals surface area (Å²) in [5.41, 5.74) is 1.27. The van der Waals surface area contributed by atoms with Crippen molar-refractivity contribution in [1.29, 1.82) is 0 Å². The second-order valence-electron chi connectivity index (χ2n) is 4.24. The van der Waals surface area contributed by atoms with Gasteiger partial charge in [-0.25, -0.2) is 0 Å². The van der Waals surface area contributed by atoms with Gasteiger partial charge in [-0.05, 0) is 48.2 Å². The second kappa shape index (κ2) is 6.01. The molecule has 88 valence electrons. The number of piperidine rings is 1. The Morgan fingerprint density at radius 1 is 1.62 bits per heavy atom. The van der Waals surface area contributed by atoms with E-state index in [2.05, 4.69) is 27.5 Å². The van der Waals surface area contributed by atoms with E-state index in [9.17, 15) is 4.79 Å². The van der Waals surface area contributed by atoms with Crippen molar-refractivity contribution >= 4 is 17.2 Å². The van der Waals surface area contributed by atoms with E-state index in [-0.39, 0.29) is 5.91 Å². The molecular weight excluding hydrogens is 220 g/mol. The first-order valence-corrected chi connectivity index (χ1v) is 6.80. The molecule has 3 nitrogen and oxygen atoms in total. The van der Waals surface area contributed by atoms with Gasteiger partial charge in [-0.1, -0.05) is 0 Å². The molecule has 1 aliphatic heterocycles. The smallest absolute Gasteiger partial charge is 0.220 e. The number of aryl methyl sites for hydroxylation is 1. The normalized spacial score (nSPS) is 20.6. The maximum absolute atomic E-state index is 11.7. The van der Waals surface area contributed by atoms with Crippen molar-refractivity contribution in [2.24, 2.45) is 0 Å². The molecule has 1 aromatic rings. The van der Waals surface area contributed by atoms with Gasteiger partial charge in [0.1, 0.15) is 0 Å². The minimum atomic E-state index is 0.180. The lowest BCUT2D eigenvalue weighted by atomic mass is 10.1. The topological polar surface area (TPSA) is 41.1 Å². The first kappa shape index (κ1) is 11.6. The van der Waals surface area contributed by atoms with E-state index in [1.165, 1.54) is 5.56 Å². The average molecular weight is 238 g/mol. The van der Waals surface area contributed by atoms with Gasteiger partial charge in [0.25, 0.3) is 0 Å². The molecule has 0 radical (unpaired) electrons. The standard InChI is InChI=1S/C12H18N2OS/c15-12(4-3-10-5-7-16-9-10)14-11-2-1-6-13-8-11/h5,7,9,11,13H,1-4,6,8H2,(H,14,15). The van der Waals surface area contributed by atoms with Gasteiger partial charge in [0.05, 0.1) is 0 Å². The molecule has 16 heavy (non-hydrogen) atoms. The molecule has 1 saturated heterocycles. The van der Waals surface area contributed by atoms with Crippen molar-refractivity contribution in [1.82, 2.24) is 10.6 Å². The van der Waals surface area contributed by atoms with E-state index in [4.69, 9.17) is 0 Å². The van der Waals surface area contributed by atoms with Gasteiger partial charge in [-0.15, -0.1) is 0 Å². The predicted molar refractivity (Wildman–Crippen MR) is 66.7 cm³/mol. The van der Waals surface area contributed by atoms with Crippen LogP contribution in [-0.2, 0) is 11.2 Å². The van der Waals surface area contributed by atoms with E-state index in [1.807, 2.05) is 0 Å². The Morgan fingerprint density at radius 2 is 2.56 bits per heavy atom. The van der Waals surface area contributed by atoms with Crippen molar-refractivity contribution in [2.45, 2.75) is 31.7 Å². The minimum absolute atomic E-state index is 0.180. The zero-order chi connectivity index (χ0) is 11.2. The molecule has 4 heteroatoms. The second-order valence-corrected chi connectivity index (χ2v) is 5.02. The third-order valence-electron chi connectivity index (χ3n) is 2.88. The Kier molecular flexibility index (Phi) is 4.36. The molecule has 1 aromatic heterocycles. The fourth-order valence-electron chi connectivity index (χ4n) is 1.97. The summed E-state index contributed by atoms with van der Waals surface area (Å²) in [4.78, 5) is 11.7. The van der Waals surface area contributed by atoms with Gasteiger partial charge in [0.2, 0.25) is 5.91 Å². The van der Waals surface area contributed by atoms with Crippen molar-refractivity contribution in [2.75, 3.05) is 13.1 Å². The Labute approximate surface area is 100 Å². The highest BCUT2D eigenvalue weighted by Crippen LogP contribution is 2.08. The molecule has 1 fully saturated rings. The van der Waals surface area contributed by atoms with Gasteiger partial charge in [-0.2, -0.15) is 11.3 Å². The van der Waals surface area contributed by atoms with Crippen LogP contribution < -0.4 is 10.6 Å². The highest BCUT2D eigenvalue weighted by Gasteiger charge is 2.14. The molecule has 2 rings (SSSR count). The number of carbonyl (C=O) groups excluding carboxylic acids is 1. The highest BCUT2D eigenvalue weighted by atomic mass is 32.1. The molecular formula is C12H18N2OS. The van der Waals surface area contributed by atoms with Gasteiger partial charge in [0, 0.05) is 19.0 Å². The molecule has 2 heterocycles. The van der Waals surface area contributed by atoms with Crippen LogP contribution in [0.4, 0.5) is 0 Å². The summed E-state index contributed by atoms with van der Waals surface area (Å²) in [5, 5.41) is 10.5. The van der Waals surface area contributed by atoms with Crippen molar-refractivity contribution < 1.29 is 4.79 Å². The van der Waals surface area contributed by atoms with Crippen LogP contribution in [0.15, 0.2) is 16.8 Å². The van der Waals surface area contributed by atoms with E-state index in [0.717, 1.165) is 32.4 Å². The lowest BCUT2D eigenvalue weighted by Gasteiger charge is -2.23. The van der Waals surface area contributed by atoms with Crippen LogP contribution in [0.3, 0.4) is 0 Å². The first-order chi connectivity index (χ1) is 7.84. The Hall–Kier alpha value is -0.870. The summed E-state index contributed by atoms with van der Waals surface area (Å²) in [6, 6.07) is 2.42.